The van der Waals surface area contributed by atoms with E-state index in [4.69, 9.17) is 4.74 Å². The maximum absolute atomic E-state index is 13.9. The first kappa shape index (κ1) is 24.7. The quantitative estimate of drug-likeness (QED) is 0.667. The number of aromatic nitrogens is 1. The number of halogens is 1. The molecule has 1 aromatic carbocycles. The zero-order chi connectivity index (χ0) is 25.1. The normalized spacial score (nSPS) is 20.5. The van der Waals surface area contributed by atoms with Crippen molar-refractivity contribution in [1.82, 2.24) is 14.8 Å². The molecule has 0 unspecified atom stereocenters. The molecule has 1 aliphatic carbocycles. The summed E-state index contributed by atoms with van der Waals surface area (Å²) in [6.07, 6.45) is 2.93. The van der Waals surface area contributed by atoms with Crippen molar-refractivity contribution in [3.05, 3.63) is 59.0 Å². The number of nitrogens with zero attached hydrogens (tertiary/aromatic N) is 3. The lowest BCUT2D eigenvalue weighted by atomic mass is 9.99. The second-order valence-electron chi connectivity index (χ2n) is 9.42. The van der Waals surface area contributed by atoms with Crippen molar-refractivity contribution in [1.29, 1.82) is 0 Å². The number of hydrogen-bond acceptors (Lipinski definition) is 5. The molecule has 7 nitrogen and oxygen atoms in total. The second-order valence-corrected chi connectivity index (χ2v) is 9.42. The van der Waals surface area contributed by atoms with Crippen molar-refractivity contribution in [3.63, 3.8) is 0 Å². The van der Waals surface area contributed by atoms with Crippen LogP contribution in [0.5, 0.6) is 5.88 Å². The molecule has 0 bridgehead atoms. The molecular formula is C27H30FN3O4. The highest BCUT2D eigenvalue weighted by molar-refractivity contribution is 5.97. The van der Waals surface area contributed by atoms with Crippen LogP contribution in [0.3, 0.4) is 0 Å². The van der Waals surface area contributed by atoms with Gasteiger partial charge < -0.3 is 19.6 Å². The number of ether oxygens (including phenoxy) is 1. The largest absolute Gasteiger partial charge is 0.472 e. The van der Waals surface area contributed by atoms with Crippen molar-refractivity contribution in [3.8, 4) is 17.7 Å². The molecule has 35 heavy (non-hydrogen) atoms. The zero-order valence-corrected chi connectivity index (χ0v) is 20.2. The minimum Gasteiger partial charge on any atom is -0.472 e. The number of carbonyl (C=O) groups excluding carboxylic acids is 2. The molecule has 0 radical (unpaired) electrons. The van der Waals surface area contributed by atoms with E-state index in [-0.39, 0.29) is 47.3 Å². The number of hydrogen-bond donors (Lipinski definition) is 1. The number of aliphatic hydroxyl groups excluding tert-OH is 1. The first-order valence-corrected chi connectivity index (χ1v) is 11.9. The average Bonchev–Trinajstić information content (AvgIpc) is 3.70. The van der Waals surface area contributed by atoms with E-state index in [1.165, 1.54) is 12.3 Å². The summed E-state index contributed by atoms with van der Waals surface area (Å²) < 4.78 is 20.2. The van der Waals surface area contributed by atoms with Crippen molar-refractivity contribution in [2.24, 2.45) is 11.8 Å². The summed E-state index contributed by atoms with van der Waals surface area (Å²) in [6, 6.07) is 7.36. The molecule has 0 spiro atoms. The van der Waals surface area contributed by atoms with E-state index in [0.717, 1.165) is 12.8 Å². The smallest absolute Gasteiger partial charge is 0.259 e. The van der Waals surface area contributed by atoms with Gasteiger partial charge in [0.2, 0.25) is 11.8 Å². The molecule has 1 fully saturated rings. The van der Waals surface area contributed by atoms with Crippen molar-refractivity contribution < 1.29 is 23.8 Å². The fourth-order valence-corrected chi connectivity index (χ4v) is 4.09. The number of benzene rings is 1. The monoisotopic (exact) mass is 479 g/mol. The molecule has 2 amide bonds. The number of rotatable bonds is 5. The van der Waals surface area contributed by atoms with E-state index < -0.39 is 18.0 Å². The number of aliphatic hydroxyl groups is 1. The number of amides is 2. The SMILES string of the molecule is C[C@@H]1CN([C@@H](C)CO)C(=O)c2cc(C#Cc3ccccc3F)cnc2O[C@H]1CN(C)C(=O)C1CC1. The Bertz CT molecular complexity index is 1170. The van der Waals surface area contributed by atoms with Gasteiger partial charge in [-0.3, -0.25) is 9.59 Å². The number of fused-ring (bicyclic) bond motifs is 1. The minimum absolute atomic E-state index is 0.0948. The van der Waals surface area contributed by atoms with Gasteiger partial charge in [0.25, 0.3) is 5.91 Å². The Kier molecular flexibility index (Phi) is 7.37. The Balaban J connectivity index is 1.67. The third kappa shape index (κ3) is 5.63. The lowest BCUT2D eigenvalue weighted by Gasteiger charge is -2.37. The molecule has 1 N–H and O–H groups in total. The van der Waals surface area contributed by atoms with Crippen LogP contribution in [0.1, 0.15) is 48.2 Å². The zero-order valence-electron chi connectivity index (χ0n) is 20.2. The fourth-order valence-electron chi connectivity index (χ4n) is 4.09. The highest BCUT2D eigenvalue weighted by Gasteiger charge is 2.37. The van der Waals surface area contributed by atoms with Gasteiger partial charge in [-0.15, -0.1) is 0 Å². The van der Waals surface area contributed by atoms with Crippen LogP contribution in [-0.2, 0) is 4.79 Å². The van der Waals surface area contributed by atoms with Gasteiger partial charge in [-0.05, 0) is 38.0 Å². The Labute approximate surface area is 204 Å². The van der Waals surface area contributed by atoms with Gasteiger partial charge >= 0.3 is 0 Å². The lowest BCUT2D eigenvalue weighted by molar-refractivity contribution is -0.132. The molecule has 2 aromatic rings. The summed E-state index contributed by atoms with van der Waals surface area (Å²) in [6.45, 7) is 4.26. The average molecular weight is 480 g/mol. The molecule has 1 aromatic heterocycles. The van der Waals surface area contributed by atoms with Gasteiger partial charge in [0.05, 0.1) is 24.8 Å². The van der Waals surface area contributed by atoms with Crippen molar-refractivity contribution in [2.45, 2.75) is 38.8 Å². The van der Waals surface area contributed by atoms with Crippen LogP contribution in [0.4, 0.5) is 4.39 Å². The van der Waals surface area contributed by atoms with Crippen molar-refractivity contribution in [2.75, 3.05) is 26.7 Å². The molecular weight excluding hydrogens is 449 g/mol. The van der Waals surface area contributed by atoms with Crippen LogP contribution in [0.25, 0.3) is 0 Å². The fraction of sp³-hybridized carbons (Fsp3) is 0.444. The van der Waals surface area contributed by atoms with Crippen LogP contribution >= 0.6 is 0 Å². The van der Waals surface area contributed by atoms with Gasteiger partial charge in [-0.25, -0.2) is 9.37 Å². The molecule has 8 heteroatoms. The first-order chi connectivity index (χ1) is 16.8. The van der Waals surface area contributed by atoms with Crippen LogP contribution in [-0.4, -0.2) is 70.6 Å². The number of carbonyl (C=O) groups is 2. The molecule has 2 heterocycles. The third-order valence-electron chi connectivity index (χ3n) is 6.49. The van der Waals surface area contributed by atoms with Gasteiger partial charge in [-0.2, -0.15) is 0 Å². The summed E-state index contributed by atoms with van der Waals surface area (Å²) >= 11 is 0. The van der Waals surface area contributed by atoms with Crippen molar-refractivity contribution >= 4 is 11.8 Å². The second kappa shape index (κ2) is 10.4. The maximum Gasteiger partial charge on any atom is 0.259 e. The number of likely N-dealkylation sites (N-methyl/N-ethyl adjacent to an activating group) is 1. The Morgan fingerprint density at radius 1 is 1.34 bits per heavy atom. The first-order valence-electron chi connectivity index (χ1n) is 11.9. The van der Waals surface area contributed by atoms with Crippen LogP contribution in [0.2, 0.25) is 0 Å². The lowest BCUT2D eigenvalue weighted by Crippen LogP contribution is -2.50. The van der Waals surface area contributed by atoms with Gasteiger partial charge in [0.15, 0.2) is 0 Å². The van der Waals surface area contributed by atoms with Crippen LogP contribution < -0.4 is 4.74 Å². The summed E-state index contributed by atoms with van der Waals surface area (Å²) in [7, 11) is 1.77. The van der Waals surface area contributed by atoms with Gasteiger partial charge in [0.1, 0.15) is 17.5 Å². The molecule has 3 atom stereocenters. The van der Waals surface area contributed by atoms with E-state index in [1.54, 1.807) is 48.0 Å². The predicted molar refractivity (Wildman–Crippen MR) is 128 cm³/mol. The summed E-state index contributed by atoms with van der Waals surface area (Å²) in [5.74, 6) is 5.14. The molecule has 1 saturated carbocycles. The third-order valence-corrected chi connectivity index (χ3v) is 6.49. The number of pyridine rings is 1. The molecule has 0 saturated heterocycles. The minimum atomic E-state index is -0.428. The van der Waals surface area contributed by atoms with Gasteiger partial charge in [0, 0.05) is 37.2 Å². The summed E-state index contributed by atoms with van der Waals surface area (Å²) in [4.78, 5) is 33.7. The predicted octanol–water partition coefficient (Wildman–Crippen LogP) is 2.71. The van der Waals surface area contributed by atoms with E-state index in [9.17, 15) is 19.1 Å². The maximum atomic E-state index is 13.9. The summed E-state index contributed by atoms with van der Waals surface area (Å²) in [5.41, 5.74) is 0.903. The Morgan fingerprint density at radius 2 is 2.09 bits per heavy atom. The van der Waals surface area contributed by atoms with E-state index >= 15 is 0 Å². The molecule has 4 rings (SSSR count). The standard InChI is InChI=1S/C27H30FN3O4/c1-17-14-31(18(2)16-32)27(34)22-12-19(8-9-20-6-4-5-7-23(20)28)13-29-25(22)35-24(17)15-30(3)26(33)21-10-11-21/h4-7,12-13,17-18,21,24,32H,10-11,14-16H2,1-3H3/t17-,18+,24+/m1/s1. The Morgan fingerprint density at radius 3 is 2.77 bits per heavy atom. The molecule has 184 valence electrons. The highest BCUT2D eigenvalue weighted by Crippen LogP contribution is 2.32. The highest BCUT2D eigenvalue weighted by atomic mass is 19.1. The van der Waals surface area contributed by atoms with Crippen LogP contribution in [0, 0.1) is 29.5 Å². The van der Waals surface area contributed by atoms with E-state index in [0.29, 0.717) is 18.7 Å². The molecule has 2 aliphatic rings. The van der Waals surface area contributed by atoms with Gasteiger partial charge in [-0.1, -0.05) is 30.9 Å². The Hall–Kier alpha value is -3.44. The van der Waals surface area contributed by atoms with Crippen LogP contribution in [0.15, 0.2) is 36.5 Å². The van der Waals surface area contributed by atoms with E-state index in [2.05, 4.69) is 16.8 Å². The molecule has 1 aliphatic heterocycles. The topological polar surface area (TPSA) is 83.0 Å². The van der Waals surface area contributed by atoms with E-state index in [1.807, 2.05) is 6.92 Å². The summed E-state index contributed by atoms with van der Waals surface area (Å²) in [5, 5.41) is 9.79.